The van der Waals surface area contributed by atoms with Gasteiger partial charge in [-0.25, -0.2) is 4.98 Å². The maximum atomic E-state index is 12.8. The summed E-state index contributed by atoms with van der Waals surface area (Å²) >= 11 is 0. The predicted molar refractivity (Wildman–Crippen MR) is 168 cm³/mol. The number of methoxy groups -OCH3 is 1. The third-order valence-electron chi connectivity index (χ3n) is 6.88. The Kier molecular flexibility index (Phi) is 11.3. The first-order valence-electron chi connectivity index (χ1n) is 14.7. The second-order valence-electron chi connectivity index (χ2n) is 10.6. The molecular weight excluding hydrogens is 546 g/mol. The van der Waals surface area contributed by atoms with Gasteiger partial charge in [-0.05, 0) is 58.0 Å². The molecule has 1 atom stereocenters. The number of nitrogens with zero attached hydrogens (tertiary/aromatic N) is 5. The van der Waals surface area contributed by atoms with Crippen LogP contribution in [0.2, 0.25) is 0 Å². The Morgan fingerprint density at radius 3 is 2.93 bits per heavy atom. The Bertz CT molecular complexity index is 1490. The Balaban J connectivity index is 1.29. The number of amides is 2. The molecule has 1 unspecified atom stereocenters. The number of fused-ring (bicyclic) bond motifs is 1. The van der Waals surface area contributed by atoms with Crippen molar-refractivity contribution in [2.45, 2.75) is 45.1 Å². The fourth-order valence-corrected chi connectivity index (χ4v) is 4.70. The highest BCUT2D eigenvalue weighted by Gasteiger charge is 2.32. The number of hydrogen-bond acceptors (Lipinski definition) is 9. The van der Waals surface area contributed by atoms with Crippen molar-refractivity contribution < 1.29 is 14.3 Å². The first-order valence-corrected chi connectivity index (χ1v) is 14.7. The lowest BCUT2D eigenvalue weighted by molar-refractivity contribution is -0.135. The van der Waals surface area contributed by atoms with Crippen molar-refractivity contribution >= 4 is 40.2 Å². The first-order chi connectivity index (χ1) is 20.9. The number of aromatic amines is 1. The molecule has 0 saturated carbocycles. The van der Waals surface area contributed by atoms with Crippen LogP contribution in [0.25, 0.3) is 10.9 Å². The van der Waals surface area contributed by atoms with Gasteiger partial charge in [-0.1, -0.05) is 24.8 Å². The molecule has 0 aliphatic carbocycles. The van der Waals surface area contributed by atoms with E-state index >= 15 is 0 Å². The molecule has 3 heterocycles. The average Bonchev–Trinajstić information content (AvgIpc) is 3.65. The van der Waals surface area contributed by atoms with Gasteiger partial charge in [-0.2, -0.15) is 4.98 Å². The highest BCUT2D eigenvalue weighted by atomic mass is 16.5. The lowest BCUT2D eigenvalue weighted by atomic mass is 10.2. The van der Waals surface area contributed by atoms with E-state index in [1.807, 2.05) is 43.3 Å². The zero-order valence-electron chi connectivity index (χ0n) is 25.4. The van der Waals surface area contributed by atoms with Gasteiger partial charge in [0.2, 0.25) is 23.6 Å². The molecule has 3 aromatic rings. The molecule has 2 amide bonds. The summed E-state index contributed by atoms with van der Waals surface area (Å²) in [5.41, 5.74) is 2.36. The minimum atomic E-state index is -0.414. The summed E-state index contributed by atoms with van der Waals surface area (Å²) in [7, 11) is 5.47. The van der Waals surface area contributed by atoms with Crippen molar-refractivity contribution in [3.05, 3.63) is 42.1 Å². The number of ether oxygens (including phenoxy) is 1. The van der Waals surface area contributed by atoms with E-state index in [-0.39, 0.29) is 11.8 Å². The van der Waals surface area contributed by atoms with Gasteiger partial charge in [-0.3, -0.25) is 14.7 Å². The lowest BCUT2D eigenvalue weighted by Gasteiger charge is -2.22. The number of likely N-dealkylation sites (tertiary alicyclic amines) is 1. The van der Waals surface area contributed by atoms with Gasteiger partial charge in [0.05, 0.1) is 29.8 Å². The van der Waals surface area contributed by atoms with Gasteiger partial charge < -0.3 is 30.5 Å². The van der Waals surface area contributed by atoms with Crippen LogP contribution in [0.1, 0.15) is 44.6 Å². The molecule has 1 saturated heterocycles. The topological polar surface area (TPSA) is 140 Å². The molecule has 228 valence electrons. The molecule has 12 nitrogen and oxygen atoms in total. The van der Waals surface area contributed by atoms with Crippen LogP contribution in [-0.4, -0.2) is 95.2 Å². The smallest absolute Gasteiger partial charge is 0.246 e. The number of benzene rings is 1. The number of anilines is 3. The number of carbonyl (C=O) groups is 2. The van der Waals surface area contributed by atoms with Crippen molar-refractivity contribution in [1.29, 1.82) is 0 Å². The van der Waals surface area contributed by atoms with Gasteiger partial charge >= 0.3 is 0 Å². The molecule has 4 rings (SSSR count). The number of H-pyrrole nitrogens is 1. The van der Waals surface area contributed by atoms with E-state index in [0.717, 1.165) is 36.0 Å². The van der Waals surface area contributed by atoms with Gasteiger partial charge in [0.1, 0.15) is 11.9 Å². The standard InChI is InChI=1S/C31H41N9O3/c1-5-16-32-28-22(21-34-31(36-28)35-23-14-15-24-25(20-23)37-38-30(24)43-4)11-7-6-8-17-33-29(42)26-12-9-19-40(26)27(41)13-10-18-39(2)3/h10,13-15,20-21,26H,5-6,8-9,12,16-19H2,1-4H3,(H,33,42)(H,37,38)(H2,32,34,35,36)/b13-10+. The van der Waals surface area contributed by atoms with E-state index in [9.17, 15) is 9.59 Å². The summed E-state index contributed by atoms with van der Waals surface area (Å²) in [4.78, 5) is 38.1. The number of carbonyl (C=O) groups excluding carboxylic acids is 2. The first kappa shape index (κ1) is 31.3. The Morgan fingerprint density at radius 2 is 2.14 bits per heavy atom. The quantitative estimate of drug-likeness (QED) is 0.135. The second-order valence-corrected chi connectivity index (χ2v) is 10.6. The molecule has 1 aliphatic heterocycles. The molecule has 0 bridgehead atoms. The van der Waals surface area contributed by atoms with Gasteiger partial charge in [0.15, 0.2) is 0 Å². The number of nitrogens with one attached hydrogen (secondary N) is 4. The van der Waals surface area contributed by atoms with Crippen molar-refractivity contribution in [3.8, 4) is 17.7 Å². The van der Waals surface area contributed by atoms with Crippen LogP contribution in [0, 0.1) is 11.8 Å². The summed E-state index contributed by atoms with van der Waals surface area (Å²) in [6, 6.07) is 5.35. The highest BCUT2D eigenvalue weighted by molar-refractivity contribution is 5.93. The third kappa shape index (κ3) is 8.68. The Hall–Kier alpha value is -4.63. The third-order valence-corrected chi connectivity index (χ3v) is 6.88. The van der Waals surface area contributed by atoms with Crippen molar-refractivity contribution in [2.24, 2.45) is 0 Å². The molecule has 0 radical (unpaired) electrons. The zero-order valence-corrected chi connectivity index (χ0v) is 25.4. The molecule has 43 heavy (non-hydrogen) atoms. The summed E-state index contributed by atoms with van der Waals surface area (Å²) in [6.45, 7) is 4.62. The van der Waals surface area contributed by atoms with E-state index < -0.39 is 6.04 Å². The van der Waals surface area contributed by atoms with Crippen LogP contribution < -0.4 is 20.7 Å². The summed E-state index contributed by atoms with van der Waals surface area (Å²) in [5.74, 6) is 7.79. The summed E-state index contributed by atoms with van der Waals surface area (Å²) in [6.07, 6.45) is 8.84. The van der Waals surface area contributed by atoms with E-state index in [2.05, 4.69) is 54.9 Å². The Morgan fingerprint density at radius 1 is 1.28 bits per heavy atom. The number of unbranched alkanes of at least 4 members (excludes halogenated alkanes) is 1. The predicted octanol–water partition coefficient (Wildman–Crippen LogP) is 3.28. The fourth-order valence-electron chi connectivity index (χ4n) is 4.70. The SMILES string of the molecule is CCCNc1nc(Nc2ccc3c(OC)n[nH]c3c2)ncc1C#CCCCNC(=O)C1CCCN1C(=O)/C=C/CN(C)C. The van der Waals surface area contributed by atoms with Gasteiger partial charge in [-0.15, -0.1) is 5.10 Å². The zero-order chi connectivity index (χ0) is 30.6. The number of rotatable bonds is 13. The molecule has 2 aromatic heterocycles. The second kappa shape index (κ2) is 15.6. The molecule has 12 heteroatoms. The Labute approximate surface area is 252 Å². The number of aromatic nitrogens is 4. The van der Waals surface area contributed by atoms with Gasteiger partial charge in [0.25, 0.3) is 0 Å². The minimum Gasteiger partial charge on any atom is -0.480 e. The van der Waals surface area contributed by atoms with Crippen molar-refractivity contribution in [2.75, 3.05) is 58.0 Å². The maximum absolute atomic E-state index is 12.8. The molecule has 0 spiro atoms. The molecular formula is C31H41N9O3. The normalized spacial score (nSPS) is 14.6. The van der Waals surface area contributed by atoms with E-state index in [0.29, 0.717) is 62.1 Å². The van der Waals surface area contributed by atoms with Crippen LogP contribution in [-0.2, 0) is 9.59 Å². The minimum absolute atomic E-state index is 0.104. The van der Waals surface area contributed by atoms with E-state index in [1.165, 1.54) is 0 Å². The largest absolute Gasteiger partial charge is 0.480 e. The maximum Gasteiger partial charge on any atom is 0.246 e. The summed E-state index contributed by atoms with van der Waals surface area (Å²) in [5, 5.41) is 17.6. The van der Waals surface area contributed by atoms with E-state index in [1.54, 1.807) is 24.3 Å². The summed E-state index contributed by atoms with van der Waals surface area (Å²) < 4.78 is 5.26. The van der Waals surface area contributed by atoms with Crippen LogP contribution in [0.5, 0.6) is 5.88 Å². The van der Waals surface area contributed by atoms with E-state index in [4.69, 9.17) is 4.74 Å². The van der Waals surface area contributed by atoms with Crippen LogP contribution in [0.4, 0.5) is 17.5 Å². The van der Waals surface area contributed by atoms with Crippen LogP contribution >= 0.6 is 0 Å². The molecule has 1 fully saturated rings. The fraction of sp³-hybridized carbons (Fsp3) is 0.452. The lowest BCUT2D eigenvalue weighted by Crippen LogP contribution is -2.45. The van der Waals surface area contributed by atoms with Crippen molar-refractivity contribution in [3.63, 3.8) is 0 Å². The monoisotopic (exact) mass is 587 g/mol. The van der Waals surface area contributed by atoms with Crippen LogP contribution in [0.15, 0.2) is 36.5 Å². The van der Waals surface area contributed by atoms with Crippen LogP contribution in [0.3, 0.4) is 0 Å². The van der Waals surface area contributed by atoms with Gasteiger partial charge in [0, 0.05) is 44.4 Å². The number of hydrogen-bond donors (Lipinski definition) is 4. The highest BCUT2D eigenvalue weighted by Crippen LogP contribution is 2.26. The molecule has 1 aliphatic rings. The number of likely N-dealkylation sites (N-methyl/N-ethyl adjacent to an activating group) is 1. The average molecular weight is 588 g/mol. The molecule has 4 N–H and O–H groups in total. The molecule has 1 aromatic carbocycles. The van der Waals surface area contributed by atoms with Crippen molar-refractivity contribution in [1.82, 2.24) is 35.3 Å².